The van der Waals surface area contributed by atoms with Crippen molar-refractivity contribution in [2.75, 3.05) is 0 Å². The summed E-state index contributed by atoms with van der Waals surface area (Å²) in [6.07, 6.45) is 6.78. The van der Waals surface area contributed by atoms with Crippen molar-refractivity contribution in [2.24, 2.45) is 11.1 Å². The maximum absolute atomic E-state index is 12.0. The third kappa shape index (κ3) is 2.40. The molecule has 2 saturated carbocycles. The number of nitrogens with two attached hydrogens (primary N) is 1. The van der Waals surface area contributed by atoms with Crippen molar-refractivity contribution in [3.8, 4) is 0 Å². The number of furan rings is 1. The topological polar surface area (TPSA) is 88.5 Å². The number of nitrogens with one attached hydrogen (secondary N) is 1. The van der Waals surface area contributed by atoms with E-state index < -0.39 is 0 Å². The maximum Gasteiger partial charge on any atom is 0.254 e. The van der Waals surface area contributed by atoms with Gasteiger partial charge in [-0.15, -0.1) is 0 Å². The van der Waals surface area contributed by atoms with Crippen molar-refractivity contribution >= 4 is 5.91 Å². The predicted molar refractivity (Wildman–Crippen MR) is 69.4 cm³/mol. The van der Waals surface area contributed by atoms with E-state index >= 15 is 0 Å². The lowest BCUT2D eigenvalue weighted by atomic mass is 9.83. The second-order valence-electron chi connectivity index (χ2n) is 5.88. The SMILES string of the molecule is NC1CC12CCC(NC(=O)c1coc(CO)c1)CC2. The Morgan fingerprint density at radius 2 is 2.21 bits per heavy atom. The lowest BCUT2D eigenvalue weighted by Crippen LogP contribution is -2.38. The van der Waals surface area contributed by atoms with E-state index in [9.17, 15) is 4.79 Å². The molecule has 0 bridgehead atoms. The molecule has 1 spiro atoms. The Balaban J connectivity index is 1.53. The van der Waals surface area contributed by atoms with Gasteiger partial charge >= 0.3 is 0 Å². The molecule has 1 aromatic rings. The van der Waals surface area contributed by atoms with Crippen LogP contribution in [-0.2, 0) is 6.61 Å². The highest BCUT2D eigenvalue weighted by Gasteiger charge is 2.52. The number of hydrogen-bond donors (Lipinski definition) is 3. The van der Waals surface area contributed by atoms with Crippen LogP contribution in [0.2, 0.25) is 0 Å². The summed E-state index contributed by atoms with van der Waals surface area (Å²) in [5, 5.41) is 11.9. The molecule has 0 saturated heterocycles. The average Bonchev–Trinajstić information content (AvgIpc) is 2.85. The van der Waals surface area contributed by atoms with Gasteiger partial charge in [0.25, 0.3) is 5.91 Å². The molecule has 2 aliphatic rings. The van der Waals surface area contributed by atoms with Crippen LogP contribution in [0.15, 0.2) is 16.7 Å². The number of carbonyl (C=O) groups excluding carboxylic acids is 1. The Morgan fingerprint density at radius 1 is 1.53 bits per heavy atom. The summed E-state index contributed by atoms with van der Waals surface area (Å²) >= 11 is 0. The number of rotatable bonds is 3. The zero-order valence-electron chi connectivity index (χ0n) is 10.9. The fourth-order valence-corrected chi connectivity index (χ4v) is 3.14. The first-order valence-corrected chi connectivity index (χ1v) is 6.88. The van der Waals surface area contributed by atoms with Crippen LogP contribution in [0.25, 0.3) is 0 Å². The lowest BCUT2D eigenvalue weighted by Gasteiger charge is -2.29. The molecule has 1 unspecified atom stereocenters. The van der Waals surface area contributed by atoms with E-state index in [-0.39, 0.29) is 18.6 Å². The van der Waals surface area contributed by atoms with E-state index in [1.54, 1.807) is 6.07 Å². The quantitative estimate of drug-likeness (QED) is 0.764. The highest BCUT2D eigenvalue weighted by Crippen LogP contribution is 2.54. The van der Waals surface area contributed by atoms with Crippen molar-refractivity contribution in [2.45, 2.75) is 50.8 Å². The normalized spacial score (nSPS) is 33.4. The van der Waals surface area contributed by atoms with Crippen LogP contribution in [0, 0.1) is 5.41 Å². The van der Waals surface area contributed by atoms with E-state index in [1.807, 2.05) is 0 Å². The molecule has 0 aliphatic heterocycles. The summed E-state index contributed by atoms with van der Waals surface area (Å²) < 4.78 is 5.05. The first-order chi connectivity index (χ1) is 9.13. The fourth-order valence-electron chi connectivity index (χ4n) is 3.14. The molecule has 104 valence electrons. The van der Waals surface area contributed by atoms with Crippen molar-refractivity contribution in [3.63, 3.8) is 0 Å². The van der Waals surface area contributed by atoms with Crippen LogP contribution in [0.5, 0.6) is 0 Å². The van der Waals surface area contributed by atoms with E-state index in [0.717, 1.165) is 32.1 Å². The van der Waals surface area contributed by atoms with Crippen LogP contribution in [0.3, 0.4) is 0 Å². The summed E-state index contributed by atoms with van der Waals surface area (Å²) in [7, 11) is 0. The second kappa shape index (κ2) is 4.65. The molecular weight excluding hydrogens is 244 g/mol. The van der Waals surface area contributed by atoms with Gasteiger partial charge in [0.15, 0.2) is 0 Å². The number of amides is 1. The average molecular weight is 264 g/mol. The van der Waals surface area contributed by atoms with Crippen LogP contribution in [0.4, 0.5) is 0 Å². The van der Waals surface area contributed by atoms with Gasteiger partial charge in [-0.25, -0.2) is 0 Å². The van der Waals surface area contributed by atoms with Gasteiger partial charge in [0.05, 0.1) is 5.56 Å². The number of aliphatic hydroxyl groups is 1. The van der Waals surface area contributed by atoms with E-state index in [1.165, 1.54) is 6.26 Å². The van der Waals surface area contributed by atoms with Gasteiger partial charge in [0.2, 0.25) is 0 Å². The first-order valence-electron chi connectivity index (χ1n) is 6.88. The Bertz CT molecular complexity index is 475. The minimum absolute atomic E-state index is 0.121. The lowest BCUT2D eigenvalue weighted by molar-refractivity contribution is 0.0918. The molecule has 2 aliphatic carbocycles. The standard InChI is InChI=1S/C14H20N2O3/c15-12-6-14(12)3-1-10(2-4-14)16-13(18)9-5-11(7-17)19-8-9/h5,8,10,12,17H,1-4,6-7,15H2,(H,16,18). The molecule has 3 rings (SSSR count). The summed E-state index contributed by atoms with van der Waals surface area (Å²) in [5.41, 5.74) is 6.83. The monoisotopic (exact) mass is 264 g/mol. The molecule has 19 heavy (non-hydrogen) atoms. The Labute approximate surface area is 112 Å². The fraction of sp³-hybridized carbons (Fsp3) is 0.643. The van der Waals surface area contributed by atoms with Gasteiger partial charge in [-0.1, -0.05) is 0 Å². The maximum atomic E-state index is 12.0. The Kier molecular flexibility index (Phi) is 3.11. The van der Waals surface area contributed by atoms with Gasteiger partial charge in [0.1, 0.15) is 18.6 Å². The van der Waals surface area contributed by atoms with Crippen molar-refractivity contribution in [1.29, 1.82) is 0 Å². The van der Waals surface area contributed by atoms with Crippen LogP contribution in [0.1, 0.15) is 48.2 Å². The highest BCUT2D eigenvalue weighted by molar-refractivity contribution is 5.94. The molecule has 1 aromatic heterocycles. The molecular formula is C14H20N2O3. The number of carbonyl (C=O) groups is 1. The molecule has 5 nitrogen and oxygen atoms in total. The Hall–Kier alpha value is -1.33. The van der Waals surface area contributed by atoms with Crippen LogP contribution in [-0.4, -0.2) is 23.1 Å². The van der Waals surface area contributed by atoms with E-state index in [4.69, 9.17) is 15.3 Å². The highest BCUT2D eigenvalue weighted by atomic mass is 16.4. The molecule has 5 heteroatoms. The zero-order chi connectivity index (χ0) is 13.5. The number of aliphatic hydroxyl groups excluding tert-OH is 1. The smallest absolute Gasteiger partial charge is 0.254 e. The van der Waals surface area contributed by atoms with Gasteiger partial charge in [-0.2, -0.15) is 0 Å². The van der Waals surface area contributed by atoms with Crippen LogP contribution < -0.4 is 11.1 Å². The molecule has 1 heterocycles. The molecule has 4 N–H and O–H groups in total. The van der Waals surface area contributed by atoms with Gasteiger partial charge in [-0.3, -0.25) is 4.79 Å². The minimum atomic E-state index is -0.183. The minimum Gasteiger partial charge on any atom is -0.466 e. The van der Waals surface area contributed by atoms with Crippen molar-refractivity contribution < 1.29 is 14.3 Å². The molecule has 2 fully saturated rings. The van der Waals surface area contributed by atoms with E-state index in [0.29, 0.717) is 22.8 Å². The third-order valence-corrected chi connectivity index (χ3v) is 4.64. The summed E-state index contributed by atoms with van der Waals surface area (Å²) in [4.78, 5) is 12.0. The van der Waals surface area contributed by atoms with Gasteiger partial charge in [-0.05, 0) is 43.6 Å². The first kappa shape index (κ1) is 12.7. The molecule has 0 radical (unpaired) electrons. The largest absolute Gasteiger partial charge is 0.466 e. The van der Waals surface area contributed by atoms with Crippen molar-refractivity contribution in [3.05, 3.63) is 23.7 Å². The van der Waals surface area contributed by atoms with E-state index in [2.05, 4.69) is 5.32 Å². The molecule has 1 amide bonds. The second-order valence-corrected chi connectivity index (χ2v) is 5.88. The third-order valence-electron chi connectivity index (χ3n) is 4.64. The summed E-state index contributed by atoms with van der Waals surface area (Å²) in [6.45, 7) is -0.183. The summed E-state index contributed by atoms with van der Waals surface area (Å²) in [5.74, 6) is 0.293. The van der Waals surface area contributed by atoms with Gasteiger partial charge < -0.3 is 20.6 Å². The number of hydrogen-bond acceptors (Lipinski definition) is 4. The van der Waals surface area contributed by atoms with Crippen molar-refractivity contribution in [1.82, 2.24) is 5.32 Å². The summed E-state index contributed by atoms with van der Waals surface area (Å²) in [6, 6.07) is 2.19. The predicted octanol–water partition coefficient (Wildman–Crippen LogP) is 1.16. The molecule has 0 aromatic carbocycles. The Morgan fingerprint density at radius 3 is 2.74 bits per heavy atom. The zero-order valence-corrected chi connectivity index (χ0v) is 10.9. The van der Waals surface area contributed by atoms with Crippen LogP contribution >= 0.6 is 0 Å². The molecule has 1 atom stereocenters. The van der Waals surface area contributed by atoms with Gasteiger partial charge in [0, 0.05) is 12.1 Å².